The highest BCUT2D eigenvalue weighted by atomic mass is 35.5. The summed E-state index contributed by atoms with van der Waals surface area (Å²) in [5, 5.41) is 0.297. The monoisotopic (exact) mass is 358 g/mol. The second kappa shape index (κ2) is 8.47. The fourth-order valence-electron chi connectivity index (χ4n) is 3.07. The first-order chi connectivity index (χ1) is 10.9. The molecule has 1 aliphatic carbocycles. The Balaban J connectivity index is 2.22. The van der Waals surface area contributed by atoms with Gasteiger partial charge in [-0.3, -0.25) is 0 Å². The summed E-state index contributed by atoms with van der Waals surface area (Å²) in [5.74, 6) is 0.461. The lowest BCUT2D eigenvalue weighted by molar-refractivity contribution is 0.261. The maximum Gasteiger partial charge on any atom is 0.244 e. The van der Waals surface area contributed by atoms with E-state index in [0.717, 1.165) is 12.8 Å². The molecule has 2 rings (SSSR count). The highest BCUT2D eigenvalue weighted by Gasteiger charge is 2.29. The van der Waals surface area contributed by atoms with Gasteiger partial charge in [-0.05, 0) is 45.0 Å². The highest BCUT2D eigenvalue weighted by molar-refractivity contribution is 7.89. The van der Waals surface area contributed by atoms with Gasteiger partial charge in [0.05, 0.1) is 5.02 Å². The Bertz CT molecular complexity index is 598. The Labute approximate surface area is 145 Å². The van der Waals surface area contributed by atoms with Crippen molar-refractivity contribution >= 4 is 21.6 Å². The van der Waals surface area contributed by atoms with Crippen LogP contribution in [0.2, 0.25) is 5.02 Å². The molecular formula is C17H27ClN2O2S. The van der Waals surface area contributed by atoms with Gasteiger partial charge in [0.1, 0.15) is 4.90 Å². The van der Waals surface area contributed by atoms with E-state index in [9.17, 15) is 8.42 Å². The first-order valence-corrected chi connectivity index (χ1v) is 10.1. The van der Waals surface area contributed by atoms with Crippen molar-refractivity contribution in [1.29, 1.82) is 0 Å². The second-order valence-electron chi connectivity index (χ2n) is 6.60. The first kappa shape index (κ1) is 18.7. The average Bonchev–Trinajstić information content (AvgIpc) is 2.52. The minimum atomic E-state index is -3.55. The molecule has 0 radical (unpaired) electrons. The van der Waals surface area contributed by atoms with Gasteiger partial charge < -0.3 is 4.90 Å². The van der Waals surface area contributed by atoms with Crippen molar-refractivity contribution < 1.29 is 8.42 Å². The third kappa shape index (κ3) is 5.18. The first-order valence-electron chi connectivity index (χ1n) is 8.30. The molecule has 1 aliphatic rings. The largest absolute Gasteiger partial charge is 0.308 e. The Morgan fingerprint density at radius 2 is 1.74 bits per heavy atom. The third-order valence-corrected chi connectivity index (χ3v) is 6.80. The van der Waals surface area contributed by atoms with E-state index < -0.39 is 10.0 Å². The molecule has 6 heteroatoms. The van der Waals surface area contributed by atoms with Crippen LogP contribution in [0.3, 0.4) is 0 Å². The van der Waals surface area contributed by atoms with Crippen molar-refractivity contribution in [2.24, 2.45) is 5.92 Å². The molecule has 0 saturated heterocycles. The number of nitrogens with zero attached hydrogens (tertiary/aromatic N) is 2. The van der Waals surface area contributed by atoms with E-state index in [0.29, 0.717) is 30.6 Å². The molecule has 1 fully saturated rings. The van der Waals surface area contributed by atoms with Crippen LogP contribution in [0.5, 0.6) is 0 Å². The van der Waals surface area contributed by atoms with Crippen LogP contribution >= 0.6 is 11.6 Å². The van der Waals surface area contributed by atoms with Crippen LogP contribution in [0.4, 0.5) is 0 Å². The molecule has 0 heterocycles. The second-order valence-corrected chi connectivity index (χ2v) is 8.91. The number of halogens is 1. The third-order valence-electron chi connectivity index (χ3n) is 4.44. The van der Waals surface area contributed by atoms with Crippen LogP contribution in [0.15, 0.2) is 29.2 Å². The fraction of sp³-hybridized carbons (Fsp3) is 0.647. The molecule has 1 aromatic carbocycles. The summed E-state index contributed by atoms with van der Waals surface area (Å²) >= 11 is 6.14. The van der Waals surface area contributed by atoms with Gasteiger partial charge in [0.2, 0.25) is 10.0 Å². The topological polar surface area (TPSA) is 40.6 Å². The van der Waals surface area contributed by atoms with Crippen LogP contribution in [0.1, 0.15) is 32.1 Å². The molecule has 0 aliphatic heterocycles. The zero-order valence-corrected chi connectivity index (χ0v) is 15.6. The van der Waals surface area contributed by atoms with E-state index in [1.54, 1.807) is 28.6 Å². The summed E-state index contributed by atoms with van der Waals surface area (Å²) in [6.07, 6.45) is 5.93. The Morgan fingerprint density at radius 3 is 2.35 bits per heavy atom. The maximum absolute atomic E-state index is 13.1. The zero-order chi connectivity index (χ0) is 16.9. The molecule has 0 amide bonds. The summed E-state index contributed by atoms with van der Waals surface area (Å²) in [7, 11) is 0.366. The van der Waals surface area contributed by atoms with Gasteiger partial charge in [-0.25, -0.2) is 8.42 Å². The molecular weight excluding hydrogens is 332 g/mol. The SMILES string of the molecule is CN(C)CCN(CC1CCCCC1)S(=O)(=O)c1ccccc1Cl. The van der Waals surface area contributed by atoms with Gasteiger partial charge in [0.15, 0.2) is 0 Å². The number of hydrogen-bond acceptors (Lipinski definition) is 3. The number of sulfonamides is 1. The molecule has 23 heavy (non-hydrogen) atoms. The number of hydrogen-bond donors (Lipinski definition) is 0. The van der Waals surface area contributed by atoms with Gasteiger partial charge in [-0.1, -0.05) is 43.0 Å². The molecule has 1 saturated carbocycles. The van der Waals surface area contributed by atoms with Crippen LogP contribution < -0.4 is 0 Å². The van der Waals surface area contributed by atoms with Crippen LogP contribution in [-0.4, -0.2) is 51.4 Å². The lowest BCUT2D eigenvalue weighted by Gasteiger charge is -2.30. The van der Waals surface area contributed by atoms with Crippen molar-refractivity contribution in [2.75, 3.05) is 33.7 Å². The Kier molecular flexibility index (Phi) is 6.89. The van der Waals surface area contributed by atoms with E-state index in [1.165, 1.54) is 19.3 Å². The number of rotatable bonds is 7. The van der Waals surface area contributed by atoms with Crippen molar-refractivity contribution in [3.8, 4) is 0 Å². The van der Waals surface area contributed by atoms with E-state index >= 15 is 0 Å². The Hall–Kier alpha value is -0.620. The summed E-state index contributed by atoms with van der Waals surface area (Å²) in [5.41, 5.74) is 0. The predicted molar refractivity (Wildman–Crippen MR) is 95.3 cm³/mol. The molecule has 0 atom stereocenters. The molecule has 0 unspecified atom stereocenters. The smallest absolute Gasteiger partial charge is 0.244 e. The molecule has 0 aromatic heterocycles. The van der Waals surface area contributed by atoms with Crippen LogP contribution in [0, 0.1) is 5.92 Å². The minimum absolute atomic E-state index is 0.219. The van der Waals surface area contributed by atoms with Crippen molar-refractivity contribution in [3.63, 3.8) is 0 Å². The van der Waals surface area contributed by atoms with Gasteiger partial charge in [-0.2, -0.15) is 4.31 Å². The normalized spacial score (nSPS) is 17.1. The minimum Gasteiger partial charge on any atom is -0.308 e. The molecule has 0 spiro atoms. The summed E-state index contributed by atoms with van der Waals surface area (Å²) < 4.78 is 27.8. The molecule has 130 valence electrons. The molecule has 0 N–H and O–H groups in total. The molecule has 1 aromatic rings. The summed E-state index contributed by atoms with van der Waals surface area (Å²) in [6, 6.07) is 6.72. The highest BCUT2D eigenvalue weighted by Crippen LogP contribution is 2.29. The van der Waals surface area contributed by atoms with Crippen molar-refractivity contribution in [1.82, 2.24) is 9.21 Å². The predicted octanol–water partition coefficient (Wildman–Crippen LogP) is 3.47. The Morgan fingerprint density at radius 1 is 1.09 bits per heavy atom. The van der Waals surface area contributed by atoms with Gasteiger partial charge >= 0.3 is 0 Å². The maximum atomic E-state index is 13.1. The fourth-order valence-corrected chi connectivity index (χ4v) is 5.07. The summed E-state index contributed by atoms with van der Waals surface area (Å²) in [4.78, 5) is 2.23. The quantitative estimate of drug-likeness (QED) is 0.749. The lowest BCUT2D eigenvalue weighted by atomic mass is 9.89. The van der Waals surface area contributed by atoms with Crippen LogP contribution in [-0.2, 0) is 10.0 Å². The van der Waals surface area contributed by atoms with E-state index in [4.69, 9.17) is 11.6 Å². The van der Waals surface area contributed by atoms with Gasteiger partial charge in [-0.15, -0.1) is 0 Å². The summed E-state index contributed by atoms with van der Waals surface area (Å²) in [6.45, 7) is 1.80. The lowest BCUT2D eigenvalue weighted by Crippen LogP contribution is -2.40. The van der Waals surface area contributed by atoms with Crippen molar-refractivity contribution in [3.05, 3.63) is 29.3 Å². The number of likely N-dealkylation sites (N-methyl/N-ethyl adjacent to an activating group) is 1. The molecule has 0 bridgehead atoms. The van der Waals surface area contributed by atoms with E-state index in [2.05, 4.69) is 0 Å². The van der Waals surface area contributed by atoms with Crippen molar-refractivity contribution in [2.45, 2.75) is 37.0 Å². The van der Waals surface area contributed by atoms with E-state index in [1.807, 2.05) is 19.0 Å². The molecule has 4 nitrogen and oxygen atoms in total. The van der Waals surface area contributed by atoms with E-state index in [-0.39, 0.29) is 4.90 Å². The zero-order valence-electron chi connectivity index (χ0n) is 14.0. The van der Waals surface area contributed by atoms with Gasteiger partial charge in [0.25, 0.3) is 0 Å². The van der Waals surface area contributed by atoms with Gasteiger partial charge in [0, 0.05) is 19.6 Å². The average molecular weight is 359 g/mol. The number of benzene rings is 1. The van der Waals surface area contributed by atoms with Crippen LogP contribution in [0.25, 0.3) is 0 Å². The standard InChI is InChI=1S/C17H27ClN2O2S/c1-19(2)12-13-20(14-15-8-4-3-5-9-15)23(21,22)17-11-7-6-10-16(17)18/h6-7,10-11,15H,3-5,8-9,12-14H2,1-2H3.